The molecule has 4 aliphatic rings. The SMILES string of the molecule is C=C(CC[C@H](C(=O)NO)[C@H]1[C@H](OC(C)=O)C[C@@]2(C)C3=CCC4C(C)(C)C(=O)CC[C@]4(C)C3=CC[C@]12C)C(C)C. The van der Waals surface area contributed by atoms with Crippen molar-refractivity contribution >= 4 is 17.7 Å². The fourth-order valence-electron chi connectivity index (χ4n) is 9.11. The number of hydrogen-bond acceptors (Lipinski definition) is 5. The minimum absolute atomic E-state index is 0.0995. The molecule has 4 rings (SSSR count). The van der Waals surface area contributed by atoms with Crippen LogP contribution in [-0.4, -0.2) is 29.0 Å². The summed E-state index contributed by atoms with van der Waals surface area (Å²) in [4.78, 5) is 38.5. The van der Waals surface area contributed by atoms with Gasteiger partial charge in [-0.2, -0.15) is 0 Å². The van der Waals surface area contributed by atoms with E-state index in [2.05, 4.69) is 67.2 Å². The van der Waals surface area contributed by atoms with Crippen molar-refractivity contribution in [2.24, 2.45) is 45.3 Å². The standard InChI is InChI=1S/C33H49NO5/c1-19(2)20(3)10-11-22(29(37)34-38)28-25(39-21(4)35)18-33(9)24-12-13-26-30(5,6)27(36)15-16-31(26,7)23(24)14-17-32(28,33)8/h12,14,19,22,25-26,28,38H,3,10-11,13,15-18H2,1-2,4-9H3,(H,34,37)/t22-,25+,26?,28-,31+,32+,33-/m0/s1. The van der Waals surface area contributed by atoms with Crippen molar-refractivity contribution in [2.75, 3.05) is 0 Å². The lowest BCUT2D eigenvalue weighted by atomic mass is 9.44. The molecule has 0 aromatic rings. The van der Waals surface area contributed by atoms with Crippen LogP contribution in [0.4, 0.5) is 0 Å². The highest BCUT2D eigenvalue weighted by Gasteiger charge is 2.67. The lowest BCUT2D eigenvalue weighted by Crippen LogP contribution is -2.54. The van der Waals surface area contributed by atoms with Crippen LogP contribution in [0.5, 0.6) is 0 Å². The highest BCUT2D eigenvalue weighted by molar-refractivity contribution is 5.86. The molecule has 0 spiro atoms. The van der Waals surface area contributed by atoms with Crippen molar-refractivity contribution in [2.45, 2.75) is 106 Å². The number of hydroxylamine groups is 1. The van der Waals surface area contributed by atoms with Gasteiger partial charge in [0.1, 0.15) is 11.9 Å². The molecule has 0 bridgehead atoms. The van der Waals surface area contributed by atoms with E-state index in [0.29, 0.717) is 37.4 Å². The van der Waals surface area contributed by atoms with E-state index in [0.717, 1.165) is 24.8 Å². The van der Waals surface area contributed by atoms with Crippen LogP contribution >= 0.6 is 0 Å². The number of esters is 1. The Bertz CT molecular complexity index is 1130. The maximum atomic E-state index is 13.3. The Morgan fingerprint density at radius 3 is 2.41 bits per heavy atom. The van der Waals surface area contributed by atoms with E-state index in [-0.39, 0.29) is 39.5 Å². The number of allylic oxidation sites excluding steroid dienone is 5. The van der Waals surface area contributed by atoms with Crippen molar-refractivity contribution < 1.29 is 24.3 Å². The molecule has 2 saturated carbocycles. The first-order valence-corrected chi connectivity index (χ1v) is 14.8. The maximum absolute atomic E-state index is 13.3. The van der Waals surface area contributed by atoms with Crippen molar-refractivity contribution in [3.8, 4) is 0 Å². The van der Waals surface area contributed by atoms with Gasteiger partial charge in [-0.25, -0.2) is 5.48 Å². The summed E-state index contributed by atoms with van der Waals surface area (Å²) >= 11 is 0. The Morgan fingerprint density at radius 2 is 1.82 bits per heavy atom. The number of Topliss-reactive ketones (excluding diaryl/α,β-unsaturated/α-hetero) is 1. The number of hydrogen-bond donors (Lipinski definition) is 2. The number of amides is 1. The van der Waals surface area contributed by atoms with Gasteiger partial charge in [0.25, 0.3) is 0 Å². The molecule has 39 heavy (non-hydrogen) atoms. The normalized spacial score (nSPS) is 37.6. The summed E-state index contributed by atoms with van der Waals surface area (Å²) in [5, 5.41) is 9.79. The number of fused-ring (bicyclic) bond motifs is 5. The number of ketones is 1. The third-order valence-electron chi connectivity index (χ3n) is 11.8. The summed E-state index contributed by atoms with van der Waals surface area (Å²) in [6.07, 6.45) is 9.12. The number of nitrogens with one attached hydrogen (secondary N) is 1. The minimum Gasteiger partial charge on any atom is -0.462 e. The molecule has 0 radical (unpaired) electrons. The Labute approximate surface area is 234 Å². The van der Waals surface area contributed by atoms with Crippen LogP contribution in [0, 0.1) is 45.3 Å². The van der Waals surface area contributed by atoms with E-state index in [4.69, 9.17) is 4.74 Å². The van der Waals surface area contributed by atoms with Gasteiger partial charge in [0, 0.05) is 36.0 Å². The molecule has 4 aliphatic carbocycles. The third-order valence-corrected chi connectivity index (χ3v) is 11.8. The van der Waals surface area contributed by atoms with Crippen LogP contribution in [0.3, 0.4) is 0 Å². The van der Waals surface area contributed by atoms with E-state index < -0.39 is 17.9 Å². The molecule has 0 saturated heterocycles. The molecular weight excluding hydrogens is 490 g/mol. The Hall–Kier alpha value is -2.21. The zero-order valence-corrected chi connectivity index (χ0v) is 25.3. The minimum atomic E-state index is -0.532. The number of carbonyl (C=O) groups is 3. The Kier molecular flexibility index (Phi) is 7.64. The monoisotopic (exact) mass is 539 g/mol. The van der Waals surface area contributed by atoms with Crippen LogP contribution in [0.25, 0.3) is 0 Å². The third kappa shape index (κ3) is 4.45. The number of carbonyl (C=O) groups excluding carboxylic acids is 3. The van der Waals surface area contributed by atoms with Crippen LogP contribution < -0.4 is 5.48 Å². The van der Waals surface area contributed by atoms with Crippen molar-refractivity contribution in [3.63, 3.8) is 0 Å². The molecule has 0 aliphatic heterocycles. The summed E-state index contributed by atoms with van der Waals surface area (Å²) in [5.41, 5.74) is 4.47. The quantitative estimate of drug-likeness (QED) is 0.162. The first-order chi connectivity index (χ1) is 18.0. The lowest BCUT2D eigenvalue weighted by molar-refractivity contribution is -0.154. The van der Waals surface area contributed by atoms with E-state index in [1.165, 1.54) is 18.1 Å². The average molecular weight is 540 g/mol. The highest BCUT2D eigenvalue weighted by Crippen LogP contribution is 2.72. The van der Waals surface area contributed by atoms with Gasteiger partial charge < -0.3 is 4.74 Å². The molecule has 6 heteroatoms. The van der Waals surface area contributed by atoms with Crippen LogP contribution in [-0.2, 0) is 19.1 Å². The molecule has 1 amide bonds. The molecule has 0 aromatic carbocycles. The first-order valence-electron chi connectivity index (χ1n) is 14.8. The Morgan fingerprint density at radius 1 is 1.15 bits per heavy atom. The summed E-state index contributed by atoms with van der Waals surface area (Å²) in [7, 11) is 0. The van der Waals surface area contributed by atoms with Gasteiger partial charge >= 0.3 is 5.97 Å². The van der Waals surface area contributed by atoms with E-state index >= 15 is 0 Å². The highest BCUT2D eigenvalue weighted by atomic mass is 16.5. The molecule has 0 heterocycles. The van der Waals surface area contributed by atoms with Crippen LogP contribution in [0.1, 0.15) is 100 Å². The van der Waals surface area contributed by atoms with Crippen molar-refractivity contribution in [1.82, 2.24) is 5.48 Å². The van der Waals surface area contributed by atoms with Gasteiger partial charge in [-0.15, -0.1) is 0 Å². The summed E-state index contributed by atoms with van der Waals surface area (Å²) < 4.78 is 6.02. The van der Waals surface area contributed by atoms with Crippen molar-refractivity contribution in [3.05, 3.63) is 35.5 Å². The maximum Gasteiger partial charge on any atom is 0.302 e. The fraction of sp³-hybridized carbons (Fsp3) is 0.727. The summed E-state index contributed by atoms with van der Waals surface area (Å²) in [6.45, 7) is 20.9. The molecule has 2 fully saturated rings. The van der Waals surface area contributed by atoms with Gasteiger partial charge in [-0.3, -0.25) is 19.6 Å². The molecule has 216 valence electrons. The molecule has 0 aromatic heterocycles. The molecule has 7 atom stereocenters. The van der Waals surface area contributed by atoms with E-state index in [1.54, 1.807) is 0 Å². The molecule has 6 nitrogen and oxygen atoms in total. The summed E-state index contributed by atoms with van der Waals surface area (Å²) in [6, 6.07) is 0. The molecule has 1 unspecified atom stereocenters. The van der Waals surface area contributed by atoms with Crippen LogP contribution in [0.2, 0.25) is 0 Å². The van der Waals surface area contributed by atoms with Gasteiger partial charge in [0.2, 0.25) is 5.91 Å². The topological polar surface area (TPSA) is 92.7 Å². The van der Waals surface area contributed by atoms with E-state index in [1.807, 2.05) is 5.48 Å². The van der Waals surface area contributed by atoms with E-state index in [9.17, 15) is 19.6 Å². The largest absolute Gasteiger partial charge is 0.462 e. The van der Waals surface area contributed by atoms with Crippen LogP contribution in [0.15, 0.2) is 35.5 Å². The lowest BCUT2D eigenvalue weighted by Gasteiger charge is -2.59. The van der Waals surface area contributed by atoms with Crippen molar-refractivity contribution in [1.29, 1.82) is 0 Å². The summed E-state index contributed by atoms with van der Waals surface area (Å²) in [5.74, 6) is -0.689. The second-order valence-electron chi connectivity index (χ2n) is 14.4. The average Bonchev–Trinajstić information content (AvgIpc) is 3.07. The number of ether oxygens (including phenoxy) is 1. The second-order valence-corrected chi connectivity index (χ2v) is 14.4. The zero-order valence-electron chi connectivity index (χ0n) is 25.3. The predicted molar refractivity (Wildman–Crippen MR) is 152 cm³/mol. The predicted octanol–water partition coefficient (Wildman–Crippen LogP) is 6.74. The van der Waals surface area contributed by atoms with Gasteiger partial charge in [0.15, 0.2) is 0 Å². The van der Waals surface area contributed by atoms with Gasteiger partial charge in [0.05, 0.1) is 0 Å². The zero-order chi connectivity index (χ0) is 29.1. The smallest absolute Gasteiger partial charge is 0.302 e. The Balaban J connectivity index is 1.81. The second kappa shape index (κ2) is 10.0. The molecular formula is C33H49NO5. The van der Waals surface area contributed by atoms with Gasteiger partial charge in [-0.1, -0.05) is 72.8 Å². The number of rotatable bonds is 7. The molecule has 2 N–H and O–H groups in total. The fourth-order valence-corrected chi connectivity index (χ4v) is 9.11. The van der Waals surface area contributed by atoms with Gasteiger partial charge in [-0.05, 0) is 72.3 Å². The first kappa shape index (κ1) is 29.8.